The summed E-state index contributed by atoms with van der Waals surface area (Å²) in [7, 11) is -3.53. The lowest BCUT2D eigenvalue weighted by molar-refractivity contribution is 0.00586. The van der Waals surface area contributed by atoms with Gasteiger partial charge in [0, 0.05) is 18.3 Å². The molecular formula is C19H19N3O3S. The second-order valence-electron chi connectivity index (χ2n) is 6.16. The van der Waals surface area contributed by atoms with Crippen LogP contribution in [0.4, 0.5) is 0 Å². The van der Waals surface area contributed by atoms with E-state index in [1.165, 1.54) is 0 Å². The third kappa shape index (κ3) is 3.55. The average molecular weight is 369 g/mol. The number of aromatic nitrogens is 2. The van der Waals surface area contributed by atoms with Gasteiger partial charge in [-0.05, 0) is 12.1 Å². The number of hydrogen-bond donors (Lipinski definition) is 1. The van der Waals surface area contributed by atoms with E-state index in [0.717, 1.165) is 17.1 Å². The van der Waals surface area contributed by atoms with Crippen LogP contribution in [-0.2, 0) is 27.9 Å². The summed E-state index contributed by atoms with van der Waals surface area (Å²) in [5.41, 5.74) is 1.95. The first-order valence-electron chi connectivity index (χ1n) is 8.39. The van der Waals surface area contributed by atoms with Crippen molar-refractivity contribution in [3.05, 3.63) is 72.7 Å². The van der Waals surface area contributed by atoms with E-state index in [9.17, 15) is 8.42 Å². The highest BCUT2D eigenvalue weighted by molar-refractivity contribution is 7.89. The van der Waals surface area contributed by atoms with E-state index < -0.39 is 10.0 Å². The summed E-state index contributed by atoms with van der Waals surface area (Å²) in [5, 5.41) is 0. The third-order valence-electron chi connectivity index (χ3n) is 4.33. The van der Waals surface area contributed by atoms with Gasteiger partial charge in [-0.3, -0.25) is 0 Å². The van der Waals surface area contributed by atoms with E-state index in [1.807, 2.05) is 41.1 Å². The number of rotatable bonds is 5. The highest BCUT2D eigenvalue weighted by Gasteiger charge is 2.23. The molecule has 1 aliphatic rings. The molecule has 0 unspecified atom stereocenters. The molecule has 3 aromatic rings. The number of imidazole rings is 1. The Balaban J connectivity index is 1.44. The number of fused-ring (bicyclic) bond motifs is 1. The maximum absolute atomic E-state index is 12.3. The van der Waals surface area contributed by atoms with Crippen molar-refractivity contribution in [2.45, 2.75) is 24.2 Å². The predicted molar refractivity (Wildman–Crippen MR) is 97.9 cm³/mol. The first-order valence-corrected chi connectivity index (χ1v) is 9.88. The molecule has 0 saturated heterocycles. The van der Waals surface area contributed by atoms with Gasteiger partial charge in [0.15, 0.2) is 0 Å². The summed E-state index contributed by atoms with van der Waals surface area (Å²) in [6, 6.07) is 18.3. The molecular weight excluding hydrogens is 350 g/mol. The predicted octanol–water partition coefficient (Wildman–Crippen LogP) is 2.43. The fraction of sp³-hybridized carbons (Fsp3) is 0.211. The van der Waals surface area contributed by atoms with Crippen LogP contribution in [-0.4, -0.2) is 30.6 Å². The fourth-order valence-corrected chi connectivity index (χ4v) is 4.04. The first kappa shape index (κ1) is 17.0. The highest BCUT2D eigenvalue weighted by Crippen LogP contribution is 2.22. The molecule has 1 aliphatic heterocycles. The average Bonchev–Trinajstić information content (AvgIpc) is 3.11. The number of hydrogen-bond acceptors (Lipinski definition) is 4. The minimum atomic E-state index is -3.53. The van der Waals surface area contributed by atoms with Crippen molar-refractivity contribution in [2.75, 3.05) is 6.54 Å². The molecule has 0 bridgehead atoms. The van der Waals surface area contributed by atoms with Crippen LogP contribution in [0.5, 0.6) is 0 Å². The molecule has 26 heavy (non-hydrogen) atoms. The lowest BCUT2D eigenvalue weighted by Gasteiger charge is -2.24. The number of nitrogens with zero attached hydrogens (tertiary/aromatic N) is 2. The summed E-state index contributed by atoms with van der Waals surface area (Å²) < 4.78 is 35.1. The van der Waals surface area contributed by atoms with Crippen LogP contribution in [0.3, 0.4) is 0 Å². The molecule has 2 aromatic carbocycles. The van der Waals surface area contributed by atoms with E-state index in [2.05, 4.69) is 9.71 Å². The van der Waals surface area contributed by atoms with E-state index >= 15 is 0 Å². The Morgan fingerprint density at radius 3 is 2.50 bits per heavy atom. The van der Waals surface area contributed by atoms with Crippen LogP contribution in [0, 0.1) is 0 Å². The molecule has 0 saturated carbocycles. The maximum Gasteiger partial charge on any atom is 0.240 e. The molecule has 0 aliphatic carbocycles. The highest BCUT2D eigenvalue weighted by atomic mass is 32.2. The summed E-state index contributed by atoms with van der Waals surface area (Å²) in [6.07, 6.45) is 1.75. The second-order valence-corrected chi connectivity index (χ2v) is 7.93. The number of ether oxygens (including phenoxy) is 1. The molecule has 1 N–H and O–H groups in total. The number of sulfonamides is 1. The summed E-state index contributed by atoms with van der Waals surface area (Å²) in [5.74, 6) is 0.853. The van der Waals surface area contributed by atoms with Gasteiger partial charge in [-0.2, -0.15) is 0 Å². The van der Waals surface area contributed by atoms with Crippen molar-refractivity contribution in [1.82, 2.24) is 14.3 Å². The zero-order chi connectivity index (χ0) is 18.0. The molecule has 1 atom stereocenters. The van der Waals surface area contributed by atoms with Crippen LogP contribution in [0.1, 0.15) is 5.82 Å². The van der Waals surface area contributed by atoms with Crippen molar-refractivity contribution in [2.24, 2.45) is 0 Å². The normalized spacial score (nSPS) is 17.0. The second kappa shape index (κ2) is 7.03. The molecule has 0 amide bonds. The molecule has 0 fully saturated rings. The number of benzene rings is 2. The van der Waals surface area contributed by atoms with Crippen LogP contribution in [0.25, 0.3) is 11.3 Å². The van der Waals surface area contributed by atoms with Crippen molar-refractivity contribution < 1.29 is 13.2 Å². The Labute approximate surface area is 152 Å². The molecule has 7 heteroatoms. The Hall–Kier alpha value is -2.48. The molecule has 4 rings (SSSR count). The molecule has 0 spiro atoms. The van der Waals surface area contributed by atoms with Gasteiger partial charge in [0.1, 0.15) is 12.4 Å². The summed E-state index contributed by atoms with van der Waals surface area (Å²) in [6.45, 7) is 1.15. The lowest BCUT2D eigenvalue weighted by atomic mass is 10.2. The molecule has 6 nitrogen and oxygen atoms in total. The van der Waals surface area contributed by atoms with Crippen molar-refractivity contribution in [3.63, 3.8) is 0 Å². The van der Waals surface area contributed by atoms with Crippen LogP contribution in [0.2, 0.25) is 0 Å². The largest absolute Gasteiger partial charge is 0.367 e. The molecule has 2 heterocycles. The van der Waals surface area contributed by atoms with Gasteiger partial charge in [-0.25, -0.2) is 18.1 Å². The van der Waals surface area contributed by atoms with Gasteiger partial charge in [-0.1, -0.05) is 48.5 Å². The van der Waals surface area contributed by atoms with Gasteiger partial charge >= 0.3 is 0 Å². The Bertz CT molecular complexity index is 985. The molecule has 134 valence electrons. The van der Waals surface area contributed by atoms with Crippen molar-refractivity contribution in [3.8, 4) is 11.3 Å². The van der Waals surface area contributed by atoms with E-state index in [1.54, 1.807) is 30.3 Å². The smallest absolute Gasteiger partial charge is 0.240 e. The van der Waals surface area contributed by atoms with Gasteiger partial charge in [0.05, 0.1) is 23.2 Å². The summed E-state index contributed by atoms with van der Waals surface area (Å²) >= 11 is 0. The molecule has 1 aromatic heterocycles. The zero-order valence-corrected chi connectivity index (χ0v) is 14.9. The lowest BCUT2D eigenvalue weighted by Crippen LogP contribution is -2.38. The topological polar surface area (TPSA) is 73.2 Å². The monoisotopic (exact) mass is 369 g/mol. The van der Waals surface area contributed by atoms with Gasteiger partial charge < -0.3 is 9.30 Å². The third-order valence-corrected chi connectivity index (χ3v) is 5.77. The standard InChI is InChI=1S/C19H19N3O3S/c23-26(24,17-9-5-2-6-10-17)20-11-16-12-22-13-18(21-19(22)14-25-16)15-7-3-1-4-8-15/h1-10,13,16,20H,11-12,14H2/t16-/m0/s1. The van der Waals surface area contributed by atoms with E-state index in [0.29, 0.717) is 13.2 Å². The van der Waals surface area contributed by atoms with Gasteiger partial charge in [0.25, 0.3) is 0 Å². The Kier molecular flexibility index (Phi) is 4.58. The van der Waals surface area contributed by atoms with Crippen molar-refractivity contribution >= 4 is 10.0 Å². The summed E-state index contributed by atoms with van der Waals surface area (Å²) in [4.78, 5) is 4.87. The van der Waals surface area contributed by atoms with E-state index in [-0.39, 0.29) is 17.5 Å². The van der Waals surface area contributed by atoms with Crippen LogP contribution in [0.15, 0.2) is 71.8 Å². The first-order chi connectivity index (χ1) is 12.6. The fourth-order valence-electron chi connectivity index (χ4n) is 2.95. The molecule has 0 radical (unpaired) electrons. The zero-order valence-electron chi connectivity index (χ0n) is 14.1. The van der Waals surface area contributed by atoms with Gasteiger partial charge in [-0.15, -0.1) is 0 Å². The van der Waals surface area contributed by atoms with Crippen LogP contribution < -0.4 is 4.72 Å². The van der Waals surface area contributed by atoms with Crippen LogP contribution >= 0.6 is 0 Å². The number of nitrogens with one attached hydrogen (secondary N) is 1. The maximum atomic E-state index is 12.3. The minimum Gasteiger partial charge on any atom is -0.367 e. The SMILES string of the molecule is O=S(=O)(NC[C@H]1Cn2cc(-c3ccccc3)nc2CO1)c1ccccc1. The van der Waals surface area contributed by atoms with Gasteiger partial charge in [0.2, 0.25) is 10.0 Å². The quantitative estimate of drug-likeness (QED) is 0.750. The van der Waals surface area contributed by atoms with Crippen molar-refractivity contribution in [1.29, 1.82) is 0 Å². The Morgan fingerprint density at radius 1 is 1.08 bits per heavy atom. The van der Waals surface area contributed by atoms with E-state index in [4.69, 9.17) is 4.74 Å². The minimum absolute atomic E-state index is 0.218. The Morgan fingerprint density at radius 2 is 1.77 bits per heavy atom.